The van der Waals surface area contributed by atoms with Gasteiger partial charge in [-0.1, -0.05) is 23.7 Å². The fourth-order valence-electron chi connectivity index (χ4n) is 2.30. The van der Waals surface area contributed by atoms with Gasteiger partial charge in [0.15, 0.2) is 0 Å². The molecular formula is C16H14ClNO4. The maximum atomic E-state index is 12.2. The van der Waals surface area contributed by atoms with Crippen molar-refractivity contribution in [3.05, 3.63) is 57.7 Å². The van der Waals surface area contributed by atoms with Gasteiger partial charge in [0.25, 0.3) is 5.95 Å². The molecule has 0 spiro atoms. The molecule has 0 amide bonds. The molecule has 1 heterocycles. The number of nitriles is 1. The number of halogens is 1. The first-order chi connectivity index (χ1) is 10.5. The number of hydrogen-bond acceptors (Lipinski definition) is 5. The van der Waals surface area contributed by atoms with E-state index in [4.69, 9.17) is 21.1 Å². The topological polar surface area (TPSA) is 79.6 Å². The van der Waals surface area contributed by atoms with Gasteiger partial charge >= 0.3 is 5.97 Å². The van der Waals surface area contributed by atoms with Gasteiger partial charge in [-0.3, -0.25) is 0 Å². The van der Waals surface area contributed by atoms with Crippen molar-refractivity contribution in [2.75, 3.05) is 6.61 Å². The Morgan fingerprint density at radius 3 is 2.64 bits per heavy atom. The summed E-state index contributed by atoms with van der Waals surface area (Å²) in [6, 6.07) is 8.57. The maximum Gasteiger partial charge on any atom is 0.338 e. The molecule has 22 heavy (non-hydrogen) atoms. The van der Waals surface area contributed by atoms with Gasteiger partial charge < -0.3 is 14.6 Å². The number of ether oxygens (including phenoxy) is 2. The zero-order valence-electron chi connectivity index (χ0n) is 12.1. The van der Waals surface area contributed by atoms with Gasteiger partial charge in [-0.25, -0.2) is 4.79 Å². The van der Waals surface area contributed by atoms with Crippen LogP contribution in [0.5, 0.6) is 0 Å². The molecule has 0 fully saturated rings. The molecule has 0 saturated heterocycles. The highest BCUT2D eigenvalue weighted by Gasteiger charge is 2.37. The first-order valence-electron chi connectivity index (χ1n) is 6.64. The van der Waals surface area contributed by atoms with Crippen molar-refractivity contribution in [1.82, 2.24) is 0 Å². The van der Waals surface area contributed by atoms with Crippen LogP contribution in [0.1, 0.15) is 25.3 Å². The number of benzene rings is 1. The molecule has 0 bridgehead atoms. The van der Waals surface area contributed by atoms with Crippen molar-refractivity contribution < 1.29 is 19.4 Å². The molecule has 1 aromatic carbocycles. The van der Waals surface area contributed by atoms with Crippen LogP contribution in [0.4, 0.5) is 0 Å². The second-order valence-electron chi connectivity index (χ2n) is 4.61. The minimum absolute atomic E-state index is 0.0454. The van der Waals surface area contributed by atoms with E-state index < -0.39 is 17.8 Å². The summed E-state index contributed by atoms with van der Waals surface area (Å²) in [6.07, 6.45) is 0. The summed E-state index contributed by atoms with van der Waals surface area (Å²) >= 11 is 5.87. The number of esters is 1. The fourth-order valence-corrected chi connectivity index (χ4v) is 2.42. The van der Waals surface area contributed by atoms with E-state index in [-0.39, 0.29) is 23.5 Å². The van der Waals surface area contributed by atoms with E-state index >= 15 is 0 Å². The van der Waals surface area contributed by atoms with Gasteiger partial charge in [0.05, 0.1) is 18.1 Å². The normalized spacial score (nSPS) is 17.8. The highest BCUT2D eigenvalue weighted by molar-refractivity contribution is 6.30. The smallest absolute Gasteiger partial charge is 0.338 e. The Balaban J connectivity index is 2.59. The summed E-state index contributed by atoms with van der Waals surface area (Å²) in [5.74, 6) is -1.64. The molecule has 1 atom stereocenters. The fraction of sp³-hybridized carbons (Fsp3) is 0.250. The lowest BCUT2D eigenvalue weighted by atomic mass is 9.83. The van der Waals surface area contributed by atoms with E-state index in [1.54, 1.807) is 38.1 Å². The lowest BCUT2D eigenvalue weighted by Gasteiger charge is -2.25. The molecule has 0 unspecified atom stereocenters. The van der Waals surface area contributed by atoms with Crippen LogP contribution in [0.15, 0.2) is 47.1 Å². The summed E-state index contributed by atoms with van der Waals surface area (Å²) < 4.78 is 10.1. The minimum Gasteiger partial charge on any atom is -0.480 e. The Morgan fingerprint density at radius 1 is 1.45 bits per heavy atom. The van der Waals surface area contributed by atoms with E-state index in [1.165, 1.54) is 0 Å². The maximum absolute atomic E-state index is 12.2. The minimum atomic E-state index is -0.755. The largest absolute Gasteiger partial charge is 0.480 e. The summed E-state index contributed by atoms with van der Waals surface area (Å²) in [7, 11) is 0. The summed E-state index contributed by atoms with van der Waals surface area (Å²) in [5.41, 5.74) is 0.785. The predicted octanol–water partition coefficient (Wildman–Crippen LogP) is 3.58. The third-order valence-corrected chi connectivity index (χ3v) is 3.51. The van der Waals surface area contributed by atoms with Gasteiger partial charge in [0, 0.05) is 5.02 Å². The van der Waals surface area contributed by atoms with Gasteiger partial charge in [0.2, 0.25) is 0 Å². The van der Waals surface area contributed by atoms with E-state index in [1.807, 2.05) is 6.07 Å². The Morgan fingerprint density at radius 2 is 2.09 bits per heavy atom. The number of allylic oxidation sites excluding steroid dienone is 2. The van der Waals surface area contributed by atoms with Crippen molar-refractivity contribution in [2.45, 2.75) is 19.8 Å². The molecular weight excluding hydrogens is 306 g/mol. The third-order valence-electron chi connectivity index (χ3n) is 3.26. The molecule has 114 valence electrons. The lowest BCUT2D eigenvalue weighted by molar-refractivity contribution is -0.139. The standard InChI is InChI=1S/C16H14ClNO4/c1-3-21-16(20)13-9(2)22-15(19)12(8-18)14(13)10-4-6-11(17)7-5-10/h4-7,14,19H,3H2,1-2H3/t14-/m0/s1. The SMILES string of the molecule is CCOC(=O)C1=C(C)OC(O)=C(C#N)[C@@H]1c1ccc(Cl)cc1. The number of aliphatic hydroxyl groups is 1. The zero-order valence-corrected chi connectivity index (χ0v) is 12.8. The number of hydrogen-bond donors (Lipinski definition) is 1. The van der Waals surface area contributed by atoms with E-state index in [0.717, 1.165) is 0 Å². The summed E-state index contributed by atoms with van der Waals surface area (Å²) in [5, 5.41) is 19.7. The Labute approximate surface area is 133 Å². The van der Waals surface area contributed by atoms with Crippen molar-refractivity contribution in [3.63, 3.8) is 0 Å². The Bertz CT molecular complexity index is 698. The van der Waals surface area contributed by atoms with Crippen LogP contribution in [-0.4, -0.2) is 17.7 Å². The molecule has 0 aliphatic carbocycles. The average molecular weight is 320 g/mol. The van der Waals surface area contributed by atoms with Gasteiger partial charge in [-0.15, -0.1) is 0 Å². The zero-order chi connectivity index (χ0) is 16.3. The molecule has 1 aliphatic heterocycles. The molecule has 0 radical (unpaired) electrons. The molecule has 6 heteroatoms. The lowest BCUT2D eigenvalue weighted by Crippen LogP contribution is -2.23. The molecule has 1 aromatic rings. The Kier molecular flexibility index (Phi) is 4.74. The van der Waals surface area contributed by atoms with Crippen molar-refractivity contribution >= 4 is 17.6 Å². The van der Waals surface area contributed by atoms with Crippen molar-refractivity contribution in [1.29, 1.82) is 5.26 Å². The molecule has 0 aromatic heterocycles. The molecule has 2 rings (SSSR count). The number of carbonyl (C=O) groups is 1. The molecule has 1 N–H and O–H groups in total. The van der Waals surface area contributed by atoms with Crippen LogP contribution in [0.25, 0.3) is 0 Å². The Hall–Kier alpha value is -2.45. The van der Waals surface area contributed by atoms with Gasteiger partial charge in [-0.2, -0.15) is 5.26 Å². The number of rotatable bonds is 3. The van der Waals surface area contributed by atoms with Crippen LogP contribution in [0, 0.1) is 11.3 Å². The average Bonchev–Trinajstić information content (AvgIpc) is 2.47. The highest BCUT2D eigenvalue weighted by Crippen LogP contribution is 2.40. The van der Waals surface area contributed by atoms with E-state index in [0.29, 0.717) is 10.6 Å². The summed E-state index contributed by atoms with van der Waals surface area (Å²) in [4.78, 5) is 12.2. The van der Waals surface area contributed by atoms with Crippen LogP contribution < -0.4 is 0 Å². The van der Waals surface area contributed by atoms with Crippen molar-refractivity contribution in [3.8, 4) is 6.07 Å². The number of carbonyl (C=O) groups excluding carboxylic acids is 1. The van der Waals surface area contributed by atoms with Crippen LogP contribution in [0.2, 0.25) is 5.02 Å². The number of nitrogens with zero attached hydrogens (tertiary/aromatic N) is 1. The number of aliphatic hydroxyl groups excluding tert-OH is 1. The quantitative estimate of drug-likeness (QED) is 0.861. The van der Waals surface area contributed by atoms with Crippen LogP contribution in [-0.2, 0) is 14.3 Å². The summed E-state index contributed by atoms with van der Waals surface area (Å²) in [6.45, 7) is 3.42. The second-order valence-corrected chi connectivity index (χ2v) is 5.04. The second kappa shape index (κ2) is 6.54. The van der Waals surface area contributed by atoms with Crippen LogP contribution in [0.3, 0.4) is 0 Å². The first kappa shape index (κ1) is 15.9. The van der Waals surface area contributed by atoms with Gasteiger partial charge in [0.1, 0.15) is 17.4 Å². The van der Waals surface area contributed by atoms with E-state index in [2.05, 4.69) is 0 Å². The van der Waals surface area contributed by atoms with Crippen LogP contribution >= 0.6 is 11.6 Å². The third kappa shape index (κ3) is 2.92. The van der Waals surface area contributed by atoms with Gasteiger partial charge in [-0.05, 0) is 31.5 Å². The monoisotopic (exact) mass is 319 g/mol. The molecule has 1 aliphatic rings. The molecule has 0 saturated carbocycles. The molecule has 5 nitrogen and oxygen atoms in total. The highest BCUT2D eigenvalue weighted by atomic mass is 35.5. The first-order valence-corrected chi connectivity index (χ1v) is 7.01. The van der Waals surface area contributed by atoms with Crippen molar-refractivity contribution in [2.24, 2.45) is 0 Å². The predicted molar refractivity (Wildman–Crippen MR) is 79.9 cm³/mol. The van der Waals surface area contributed by atoms with E-state index in [9.17, 15) is 15.2 Å².